The van der Waals surface area contributed by atoms with Crippen LogP contribution in [0.15, 0.2) is 57.7 Å². The van der Waals surface area contributed by atoms with Gasteiger partial charge in [0.05, 0.1) is 10.9 Å². The number of hydrogen-bond acceptors (Lipinski definition) is 4. The fraction of sp³-hybridized carbons (Fsp3) is 0.150. The van der Waals surface area contributed by atoms with Gasteiger partial charge in [-0.2, -0.15) is 0 Å². The molecule has 0 aliphatic carbocycles. The van der Waals surface area contributed by atoms with Crippen molar-refractivity contribution in [1.29, 1.82) is 0 Å². The van der Waals surface area contributed by atoms with Crippen molar-refractivity contribution in [2.75, 3.05) is 19.0 Å². The molecule has 0 saturated heterocycles. The number of benzene rings is 2. The standard InChI is InChI=1S/C20H14N2O4/c1-21-13-9-5-4-8-12(13)20(19(21)25)15-16(23)11-7-3-6-10-14(11)26-17(15)18(24)22(20)2/h3-10H,1-2H3. The Hall–Kier alpha value is -3.41. The Morgan fingerprint density at radius 1 is 0.923 bits per heavy atom. The zero-order chi connectivity index (χ0) is 18.2. The van der Waals surface area contributed by atoms with E-state index in [1.165, 1.54) is 16.8 Å². The van der Waals surface area contributed by atoms with E-state index in [1.807, 2.05) is 6.07 Å². The van der Waals surface area contributed by atoms with Gasteiger partial charge in [-0.1, -0.05) is 30.3 Å². The van der Waals surface area contributed by atoms with Crippen LogP contribution < -0.4 is 10.3 Å². The van der Waals surface area contributed by atoms with Gasteiger partial charge in [0.1, 0.15) is 5.58 Å². The first-order valence-electron chi connectivity index (χ1n) is 8.21. The van der Waals surface area contributed by atoms with Crippen LogP contribution >= 0.6 is 0 Å². The molecule has 2 aromatic carbocycles. The van der Waals surface area contributed by atoms with E-state index in [2.05, 4.69) is 0 Å². The molecule has 1 spiro atoms. The van der Waals surface area contributed by atoms with Crippen molar-refractivity contribution >= 4 is 28.5 Å². The molecule has 0 N–H and O–H groups in total. The number of rotatable bonds is 0. The lowest BCUT2D eigenvalue weighted by atomic mass is 9.84. The molecule has 2 aliphatic rings. The van der Waals surface area contributed by atoms with Gasteiger partial charge in [0, 0.05) is 25.3 Å². The van der Waals surface area contributed by atoms with Crippen molar-refractivity contribution in [3.63, 3.8) is 0 Å². The van der Waals surface area contributed by atoms with E-state index in [9.17, 15) is 14.4 Å². The SMILES string of the molecule is CN1C(=O)C2(c3ccccc31)c1c(oc3ccccc3c1=O)C(=O)N2C. The van der Waals surface area contributed by atoms with Crippen molar-refractivity contribution < 1.29 is 14.0 Å². The molecule has 6 nitrogen and oxygen atoms in total. The average molecular weight is 346 g/mol. The van der Waals surface area contributed by atoms with E-state index in [1.54, 1.807) is 49.5 Å². The van der Waals surface area contributed by atoms with Gasteiger partial charge in [0.15, 0.2) is 11.0 Å². The molecule has 5 rings (SSSR count). The minimum Gasteiger partial charge on any atom is -0.450 e. The minimum absolute atomic E-state index is 0.0605. The lowest BCUT2D eigenvalue weighted by Crippen LogP contribution is -2.51. The third kappa shape index (κ3) is 1.42. The number of likely N-dealkylation sites (N-methyl/N-ethyl adjacent to an activating group) is 2. The number of amides is 2. The highest BCUT2D eigenvalue weighted by Crippen LogP contribution is 2.51. The first-order valence-corrected chi connectivity index (χ1v) is 8.21. The number of anilines is 1. The Labute approximate surface area is 148 Å². The van der Waals surface area contributed by atoms with Gasteiger partial charge in [0.2, 0.25) is 5.76 Å². The molecular formula is C20H14N2O4. The van der Waals surface area contributed by atoms with Crippen molar-refractivity contribution in [3.05, 3.63) is 75.6 Å². The number of carbonyl (C=O) groups is 2. The number of nitrogens with zero attached hydrogens (tertiary/aromatic N) is 2. The van der Waals surface area contributed by atoms with Crippen LogP contribution in [0.2, 0.25) is 0 Å². The van der Waals surface area contributed by atoms with Crippen molar-refractivity contribution in [3.8, 4) is 0 Å². The molecule has 0 saturated carbocycles. The third-order valence-electron chi connectivity index (χ3n) is 5.43. The normalized spacial score (nSPS) is 21.0. The molecule has 0 fully saturated rings. The van der Waals surface area contributed by atoms with Gasteiger partial charge >= 0.3 is 0 Å². The van der Waals surface area contributed by atoms with E-state index < -0.39 is 11.4 Å². The predicted molar refractivity (Wildman–Crippen MR) is 95.2 cm³/mol. The first-order chi connectivity index (χ1) is 12.5. The van der Waals surface area contributed by atoms with Crippen molar-refractivity contribution in [2.45, 2.75) is 5.54 Å². The van der Waals surface area contributed by atoms with Gasteiger partial charge in [-0.15, -0.1) is 0 Å². The second-order valence-electron chi connectivity index (χ2n) is 6.59. The summed E-state index contributed by atoms with van der Waals surface area (Å²) >= 11 is 0. The number of carbonyl (C=O) groups excluding carboxylic acids is 2. The van der Waals surface area contributed by atoms with Crippen LogP contribution in [0.5, 0.6) is 0 Å². The third-order valence-corrected chi connectivity index (χ3v) is 5.43. The molecule has 0 radical (unpaired) electrons. The lowest BCUT2D eigenvalue weighted by Gasteiger charge is -2.30. The maximum absolute atomic E-state index is 13.3. The maximum atomic E-state index is 13.3. The van der Waals surface area contributed by atoms with Crippen LogP contribution in [0.1, 0.15) is 21.7 Å². The van der Waals surface area contributed by atoms with E-state index in [4.69, 9.17) is 4.42 Å². The fourth-order valence-electron chi connectivity index (χ4n) is 4.20. The van der Waals surface area contributed by atoms with Gasteiger partial charge in [-0.3, -0.25) is 14.4 Å². The second kappa shape index (κ2) is 4.60. The quantitative estimate of drug-likeness (QED) is 0.625. The van der Waals surface area contributed by atoms with Gasteiger partial charge < -0.3 is 14.2 Å². The summed E-state index contributed by atoms with van der Waals surface area (Å²) in [6.07, 6.45) is 0. The number of hydrogen-bond donors (Lipinski definition) is 0. The summed E-state index contributed by atoms with van der Waals surface area (Å²) in [6, 6.07) is 14.0. The summed E-state index contributed by atoms with van der Waals surface area (Å²) in [5, 5.41) is 0.355. The molecule has 3 heterocycles. The zero-order valence-electron chi connectivity index (χ0n) is 14.1. The summed E-state index contributed by atoms with van der Waals surface area (Å²) in [7, 11) is 3.19. The van der Waals surface area contributed by atoms with E-state index in [0.29, 0.717) is 22.2 Å². The Balaban J connectivity index is 1.99. The van der Waals surface area contributed by atoms with Gasteiger partial charge in [-0.05, 0) is 18.2 Å². The monoisotopic (exact) mass is 346 g/mol. The Bertz CT molecular complexity index is 1200. The van der Waals surface area contributed by atoms with Crippen LogP contribution in [-0.2, 0) is 10.3 Å². The lowest BCUT2D eigenvalue weighted by molar-refractivity contribution is -0.125. The van der Waals surface area contributed by atoms with E-state index in [-0.39, 0.29) is 22.7 Å². The summed E-state index contributed by atoms with van der Waals surface area (Å²) in [4.78, 5) is 42.4. The van der Waals surface area contributed by atoms with Crippen molar-refractivity contribution in [2.24, 2.45) is 0 Å². The zero-order valence-corrected chi connectivity index (χ0v) is 14.1. The molecule has 26 heavy (non-hydrogen) atoms. The number of para-hydroxylation sites is 2. The molecule has 0 bridgehead atoms. The Kier molecular flexibility index (Phi) is 2.64. The summed E-state index contributed by atoms with van der Waals surface area (Å²) in [6.45, 7) is 0. The smallest absolute Gasteiger partial charge is 0.291 e. The Morgan fingerprint density at radius 2 is 1.62 bits per heavy atom. The van der Waals surface area contributed by atoms with Crippen LogP contribution in [0.25, 0.3) is 11.0 Å². The van der Waals surface area contributed by atoms with Crippen LogP contribution in [0.3, 0.4) is 0 Å². The highest BCUT2D eigenvalue weighted by Gasteiger charge is 2.63. The van der Waals surface area contributed by atoms with E-state index in [0.717, 1.165) is 0 Å². The number of fused-ring (bicyclic) bond motifs is 5. The minimum atomic E-state index is -1.48. The summed E-state index contributed by atoms with van der Waals surface area (Å²) in [5.74, 6) is -0.869. The first kappa shape index (κ1) is 14.9. The molecule has 6 heteroatoms. The van der Waals surface area contributed by atoms with Gasteiger partial charge in [0.25, 0.3) is 11.8 Å². The van der Waals surface area contributed by atoms with Crippen LogP contribution in [0, 0.1) is 0 Å². The average Bonchev–Trinajstić information content (AvgIpc) is 3.02. The molecule has 3 aromatic rings. The van der Waals surface area contributed by atoms with Crippen LogP contribution in [0.4, 0.5) is 5.69 Å². The van der Waals surface area contributed by atoms with Crippen molar-refractivity contribution in [1.82, 2.24) is 4.90 Å². The van der Waals surface area contributed by atoms with Crippen LogP contribution in [-0.4, -0.2) is 30.8 Å². The largest absolute Gasteiger partial charge is 0.450 e. The summed E-state index contributed by atoms with van der Waals surface area (Å²) in [5.41, 5.74) is -0.101. The summed E-state index contributed by atoms with van der Waals surface area (Å²) < 4.78 is 5.79. The molecule has 2 aliphatic heterocycles. The molecule has 128 valence electrons. The molecular weight excluding hydrogens is 332 g/mol. The molecule has 2 amide bonds. The topological polar surface area (TPSA) is 70.8 Å². The molecule has 1 aromatic heterocycles. The van der Waals surface area contributed by atoms with Gasteiger partial charge in [-0.25, -0.2) is 0 Å². The second-order valence-corrected chi connectivity index (χ2v) is 6.59. The molecule has 1 unspecified atom stereocenters. The highest BCUT2D eigenvalue weighted by atomic mass is 16.3. The van der Waals surface area contributed by atoms with E-state index >= 15 is 0 Å². The Morgan fingerprint density at radius 3 is 2.42 bits per heavy atom. The highest BCUT2D eigenvalue weighted by molar-refractivity contribution is 6.16. The maximum Gasteiger partial charge on any atom is 0.291 e. The molecule has 1 atom stereocenters. The fourth-order valence-corrected chi connectivity index (χ4v) is 4.20. The predicted octanol–water partition coefficient (Wildman–Crippen LogP) is 2.10.